The number of hydrogen-bond acceptors (Lipinski definition) is 4. The lowest BCUT2D eigenvalue weighted by atomic mass is 9.86. The summed E-state index contributed by atoms with van der Waals surface area (Å²) < 4.78 is 5.29. The highest BCUT2D eigenvalue weighted by molar-refractivity contribution is 6.07. The molecule has 1 heterocycles. The van der Waals surface area contributed by atoms with Crippen molar-refractivity contribution in [3.63, 3.8) is 0 Å². The number of hydrogen-bond donors (Lipinski definition) is 1. The van der Waals surface area contributed by atoms with Crippen molar-refractivity contribution in [1.29, 1.82) is 0 Å². The van der Waals surface area contributed by atoms with Crippen LogP contribution in [0.3, 0.4) is 0 Å². The van der Waals surface area contributed by atoms with Gasteiger partial charge in [0.15, 0.2) is 0 Å². The van der Waals surface area contributed by atoms with Crippen molar-refractivity contribution >= 4 is 11.9 Å². The maximum atomic E-state index is 13.0. The van der Waals surface area contributed by atoms with Gasteiger partial charge >= 0.3 is 6.03 Å². The predicted octanol–water partition coefficient (Wildman–Crippen LogP) is 2.11. The van der Waals surface area contributed by atoms with Crippen LogP contribution in [0.1, 0.15) is 30.9 Å². The number of nitrogens with zero attached hydrogens (tertiary/aromatic N) is 2. The number of nitrogens with one attached hydrogen (secondary N) is 1. The first kappa shape index (κ1) is 18.3. The maximum Gasteiger partial charge on any atom is 0.325 e. The zero-order chi connectivity index (χ0) is 17.9. The molecule has 1 aromatic rings. The second-order valence-corrected chi connectivity index (χ2v) is 6.49. The molecule has 0 radical (unpaired) electrons. The number of methoxy groups -OCH3 is 1. The third kappa shape index (κ3) is 3.24. The van der Waals surface area contributed by atoms with Crippen molar-refractivity contribution in [3.8, 4) is 5.75 Å². The summed E-state index contributed by atoms with van der Waals surface area (Å²) in [6, 6.07) is 5.31. The first-order valence-corrected chi connectivity index (χ1v) is 8.29. The van der Waals surface area contributed by atoms with Crippen molar-refractivity contribution in [3.05, 3.63) is 29.3 Å². The lowest BCUT2D eigenvalue weighted by Crippen LogP contribution is -2.43. The number of benzene rings is 1. The average Bonchev–Trinajstić information content (AvgIpc) is 2.79. The topological polar surface area (TPSA) is 61.9 Å². The fourth-order valence-electron chi connectivity index (χ4n) is 3.16. The van der Waals surface area contributed by atoms with E-state index in [1.165, 1.54) is 4.90 Å². The van der Waals surface area contributed by atoms with E-state index in [0.29, 0.717) is 13.0 Å². The minimum atomic E-state index is -0.980. The van der Waals surface area contributed by atoms with Gasteiger partial charge < -0.3 is 15.0 Å². The van der Waals surface area contributed by atoms with Crippen LogP contribution in [0.25, 0.3) is 0 Å². The molecule has 1 atom stereocenters. The lowest BCUT2D eigenvalue weighted by Gasteiger charge is -2.26. The second kappa shape index (κ2) is 7.21. The van der Waals surface area contributed by atoms with Crippen LogP contribution in [0.15, 0.2) is 18.2 Å². The number of ether oxygens (including phenoxy) is 1. The van der Waals surface area contributed by atoms with Crippen molar-refractivity contribution in [1.82, 2.24) is 15.1 Å². The molecule has 6 nitrogen and oxygen atoms in total. The molecule has 1 saturated heterocycles. The van der Waals surface area contributed by atoms with Gasteiger partial charge in [0.05, 0.1) is 7.11 Å². The summed E-state index contributed by atoms with van der Waals surface area (Å²) in [5.41, 5.74) is 0.763. The Bertz CT molecular complexity index is 630. The molecule has 1 fully saturated rings. The third-order valence-electron chi connectivity index (χ3n) is 4.58. The SMILES string of the molecule is CCC1(c2ccc(OC)c(C)c2)NC(=O)N(CCCN(C)C)C1=O. The highest BCUT2D eigenvalue weighted by atomic mass is 16.5. The van der Waals surface area contributed by atoms with Gasteiger partial charge in [-0.1, -0.05) is 13.0 Å². The number of carbonyl (C=O) groups excluding carboxylic acids is 2. The van der Waals surface area contributed by atoms with Gasteiger partial charge in [0.25, 0.3) is 5.91 Å². The summed E-state index contributed by atoms with van der Waals surface area (Å²) in [7, 11) is 5.57. The minimum Gasteiger partial charge on any atom is -0.496 e. The van der Waals surface area contributed by atoms with Crippen molar-refractivity contribution in [2.75, 3.05) is 34.3 Å². The number of amides is 3. The summed E-state index contributed by atoms with van der Waals surface area (Å²) in [6.07, 6.45) is 1.26. The van der Waals surface area contributed by atoms with E-state index in [1.807, 2.05) is 51.0 Å². The van der Waals surface area contributed by atoms with Crippen molar-refractivity contribution in [2.24, 2.45) is 0 Å². The smallest absolute Gasteiger partial charge is 0.325 e. The van der Waals surface area contributed by atoms with Gasteiger partial charge in [-0.2, -0.15) is 0 Å². The molecular formula is C18H27N3O3. The summed E-state index contributed by atoms with van der Waals surface area (Å²) in [5, 5.41) is 2.92. The normalized spacial score (nSPS) is 20.7. The second-order valence-electron chi connectivity index (χ2n) is 6.49. The first-order chi connectivity index (χ1) is 11.4. The van der Waals surface area contributed by atoms with Crippen LogP contribution in [0, 0.1) is 6.92 Å². The number of rotatable bonds is 7. The molecule has 1 unspecified atom stereocenters. The summed E-state index contributed by atoms with van der Waals surface area (Å²) in [4.78, 5) is 28.8. The molecule has 2 rings (SSSR count). The van der Waals surface area contributed by atoms with Gasteiger partial charge in [0, 0.05) is 6.54 Å². The Morgan fingerprint density at radius 3 is 2.54 bits per heavy atom. The minimum absolute atomic E-state index is 0.168. The van der Waals surface area contributed by atoms with Crippen molar-refractivity contribution < 1.29 is 14.3 Å². The molecular weight excluding hydrogens is 306 g/mol. The Labute approximate surface area is 143 Å². The summed E-state index contributed by atoms with van der Waals surface area (Å²) >= 11 is 0. The number of aryl methyl sites for hydroxylation is 1. The molecule has 1 aromatic carbocycles. The van der Waals surface area contributed by atoms with E-state index in [0.717, 1.165) is 29.8 Å². The van der Waals surface area contributed by atoms with E-state index in [-0.39, 0.29) is 11.9 Å². The van der Waals surface area contributed by atoms with E-state index >= 15 is 0 Å². The summed E-state index contributed by atoms with van der Waals surface area (Å²) in [6.45, 7) is 5.11. The maximum absolute atomic E-state index is 13.0. The third-order valence-corrected chi connectivity index (χ3v) is 4.58. The van der Waals surface area contributed by atoms with Crippen LogP contribution < -0.4 is 10.1 Å². The number of carbonyl (C=O) groups is 2. The molecule has 0 spiro atoms. The molecule has 1 N–H and O–H groups in total. The fourth-order valence-corrected chi connectivity index (χ4v) is 3.16. The van der Waals surface area contributed by atoms with Crippen LogP contribution >= 0.6 is 0 Å². The molecule has 132 valence electrons. The Kier molecular flexibility index (Phi) is 5.49. The molecule has 6 heteroatoms. The first-order valence-electron chi connectivity index (χ1n) is 8.29. The van der Waals surface area contributed by atoms with Gasteiger partial charge in [0.2, 0.25) is 0 Å². The van der Waals surface area contributed by atoms with Gasteiger partial charge in [-0.15, -0.1) is 0 Å². The molecule has 0 aromatic heterocycles. The van der Waals surface area contributed by atoms with Crippen LogP contribution in [-0.2, 0) is 10.3 Å². The molecule has 0 saturated carbocycles. The van der Waals surface area contributed by atoms with Crippen LogP contribution in [0.4, 0.5) is 4.79 Å². The Morgan fingerprint density at radius 1 is 1.29 bits per heavy atom. The highest BCUT2D eigenvalue weighted by Gasteiger charge is 2.51. The average molecular weight is 333 g/mol. The Morgan fingerprint density at radius 2 is 2.00 bits per heavy atom. The van der Waals surface area contributed by atoms with Crippen LogP contribution in [0.5, 0.6) is 5.75 Å². The lowest BCUT2D eigenvalue weighted by molar-refractivity contribution is -0.131. The van der Waals surface area contributed by atoms with E-state index in [1.54, 1.807) is 7.11 Å². The van der Waals surface area contributed by atoms with Gasteiger partial charge in [-0.3, -0.25) is 9.69 Å². The molecule has 1 aliphatic rings. The standard InChI is InChI=1S/C18H27N3O3/c1-6-18(14-8-9-15(24-5)13(2)12-14)16(22)21(17(23)19-18)11-7-10-20(3)4/h8-9,12H,6-7,10-11H2,1-5H3,(H,19,23). The largest absolute Gasteiger partial charge is 0.496 e. The van der Waals surface area contributed by atoms with E-state index < -0.39 is 5.54 Å². The monoisotopic (exact) mass is 333 g/mol. The quantitative estimate of drug-likeness (QED) is 0.777. The predicted molar refractivity (Wildman–Crippen MR) is 93.1 cm³/mol. The van der Waals surface area contributed by atoms with E-state index in [4.69, 9.17) is 4.74 Å². The molecule has 1 aliphatic heterocycles. The molecule has 0 aliphatic carbocycles. The molecule has 0 bridgehead atoms. The van der Waals surface area contributed by atoms with Crippen molar-refractivity contribution in [2.45, 2.75) is 32.2 Å². The zero-order valence-corrected chi connectivity index (χ0v) is 15.2. The van der Waals surface area contributed by atoms with E-state index in [9.17, 15) is 9.59 Å². The summed E-state index contributed by atoms with van der Waals surface area (Å²) in [5.74, 6) is 0.600. The van der Waals surface area contributed by atoms with Gasteiger partial charge in [-0.05, 0) is 63.7 Å². The highest BCUT2D eigenvalue weighted by Crippen LogP contribution is 2.34. The van der Waals surface area contributed by atoms with Crippen LogP contribution in [-0.4, -0.2) is 56.0 Å². The van der Waals surface area contributed by atoms with Crippen LogP contribution in [0.2, 0.25) is 0 Å². The molecule has 3 amide bonds. The van der Waals surface area contributed by atoms with Gasteiger partial charge in [-0.25, -0.2) is 4.79 Å². The Balaban J connectivity index is 2.28. The zero-order valence-electron chi connectivity index (χ0n) is 15.2. The van der Waals surface area contributed by atoms with E-state index in [2.05, 4.69) is 5.32 Å². The Hall–Kier alpha value is -2.08. The van der Waals surface area contributed by atoms with Gasteiger partial charge in [0.1, 0.15) is 11.3 Å². The number of imide groups is 1. The number of urea groups is 1. The molecule has 24 heavy (non-hydrogen) atoms. The fraction of sp³-hybridized carbons (Fsp3) is 0.556.